The van der Waals surface area contributed by atoms with Gasteiger partial charge >= 0.3 is 11.9 Å². The number of esters is 1. The van der Waals surface area contributed by atoms with E-state index in [-0.39, 0.29) is 18.0 Å². The van der Waals surface area contributed by atoms with Crippen LogP contribution < -0.4 is 11.1 Å². The van der Waals surface area contributed by atoms with E-state index in [1.807, 2.05) is 0 Å². The number of nitrogens with two attached hydrogens (primary N) is 1. The summed E-state index contributed by atoms with van der Waals surface area (Å²) >= 11 is 0. The molecule has 1 amide bonds. The van der Waals surface area contributed by atoms with Crippen molar-refractivity contribution in [1.82, 2.24) is 5.32 Å². The lowest BCUT2D eigenvalue weighted by molar-refractivity contribution is -0.150. The zero-order chi connectivity index (χ0) is 42.4. The average Bonchev–Trinajstić information content (AvgIpc) is 3.21. The Morgan fingerprint density at radius 1 is 0.517 bits per heavy atom. The van der Waals surface area contributed by atoms with Gasteiger partial charge in [0.1, 0.15) is 12.1 Å². The number of unbranched alkanes of at least 4 members (excludes halogenated alkanes) is 16. The minimum Gasteiger partial charge on any atom is -0.480 e. The maximum atomic E-state index is 12.9. The van der Waals surface area contributed by atoms with Gasteiger partial charge in [-0.2, -0.15) is 0 Å². The van der Waals surface area contributed by atoms with Gasteiger partial charge in [-0.3, -0.25) is 9.59 Å². The molecule has 0 aromatic heterocycles. The molecule has 58 heavy (non-hydrogen) atoms. The van der Waals surface area contributed by atoms with E-state index in [1.54, 1.807) is 0 Å². The van der Waals surface area contributed by atoms with E-state index in [1.165, 1.54) is 64.2 Å². The van der Waals surface area contributed by atoms with Crippen LogP contribution in [0.3, 0.4) is 0 Å². The summed E-state index contributed by atoms with van der Waals surface area (Å²) in [4.78, 5) is 36.5. The molecule has 2 unspecified atom stereocenters. The predicted molar refractivity (Wildman–Crippen MR) is 248 cm³/mol. The van der Waals surface area contributed by atoms with E-state index in [4.69, 9.17) is 10.5 Å². The van der Waals surface area contributed by atoms with E-state index in [9.17, 15) is 19.5 Å². The molecule has 0 spiro atoms. The van der Waals surface area contributed by atoms with Crippen molar-refractivity contribution >= 4 is 17.8 Å². The first-order valence-electron chi connectivity index (χ1n) is 23.8. The van der Waals surface area contributed by atoms with Crippen molar-refractivity contribution in [3.8, 4) is 0 Å². The van der Waals surface area contributed by atoms with Gasteiger partial charge in [-0.1, -0.05) is 151 Å². The Bertz CT molecular complexity index is 1140. The Hall–Kier alpha value is -3.19. The van der Waals surface area contributed by atoms with Crippen LogP contribution in [0.2, 0.25) is 0 Å². The van der Waals surface area contributed by atoms with Crippen molar-refractivity contribution in [3.63, 3.8) is 0 Å². The Labute approximate surface area is 356 Å². The van der Waals surface area contributed by atoms with Crippen LogP contribution >= 0.6 is 0 Å². The van der Waals surface area contributed by atoms with Crippen molar-refractivity contribution in [2.24, 2.45) is 5.73 Å². The SMILES string of the molecule is CC/C=C\C/C=C\C/C=C\C/C=C\CCCCC(CCCCCCCC(=O)NC(CCCN)C(=O)O)OC(=O)CCCCCCCCC/C=C\C/C=C\CCCCC. The summed E-state index contributed by atoms with van der Waals surface area (Å²) < 4.78 is 6.05. The molecule has 0 saturated heterocycles. The largest absolute Gasteiger partial charge is 0.480 e. The first-order valence-corrected chi connectivity index (χ1v) is 23.8. The fourth-order valence-corrected chi connectivity index (χ4v) is 6.71. The minimum absolute atomic E-state index is 0.0342. The second kappa shape index (κ2) is 44.9. The van der Waals surface area contributed by atoms with Gasteiger partial charge in [0.2, 0.25) is 5.91 Å². The van der Waals surface area contributed by atoms with Crippen molar-refractivity contribution in [2.45, 2.75) is 225 Å². The Morgan fingerprint density at radius 2 is 0.948 bits per heavy atom. The fourth-order valence-electron chi connectivity index (χ4n) is 6.71. The maximum absolute atomic E-state index is 12.9. The number of hydrogen-bond donors (Lipinski definition) is 3. The molecule has 0 aliphatic heterocycles. The number of ether oxygens (including phenoxy) is 1. The number of aliphatic carboxylic acids is 1. The molecule has 0 aliphatic rings. The zero-order valence-corrected chi connectivity index (χ0v) is 37.4. The number of allylic oxidation sites excluding steroid dienone is 12. The van der Waals surface area contributed by atoms with Crippen LogP contribution in [-0.2, 0) is 19.1 Å². The molecule has 0 aromatic rings. The van der Waals surface area contributed by atoms with Crippen molar-refractivity contribution < 1.29 is 24.2 Å². The number of carbonyl (C=O) groups excluding carboxylic acids is 2. The molecule has 7 heteroatoms. The summed E-state index contributed by atoms with van der Waals surface area (Å²) in [6, 6.07) is -0.866. The van der Waals surface area contributed by atoms with Gasteiger partial charge in [-0.05, 0) is 129 Å². The van der Waals surface area contributed by atoms with Crippen molar-refractivity contribution in [3.05, 3.63) is 72.9 Å². The summed E-state index contributed by atoms with van der Waals surface area (Å²) in [5.74, 6) is -1.27. The molecule has 332 valence electrons. The molecular weight excluding hydrogens is 721 g/mol. The highest BCUT2D eigenvalue weighted by molar-refractivity contribution is 5.83. The monoisotopic (exact) mass is 809 g/mol. The second-order valence-electron chi connectivity index (χ2n) is 15.8. The molecule has 0 aliphatic carbocycles. The highest BCUT2D eigenvalue weighted by Gasteiger charge is 2.19. The van der Waals surface area contributed by atoms with E-state index >= 15 is 0 Å². The van der Waals surface area contributed by atoms with Gasteiger partial charge in [-0.15, -0.1) is 0 Å². The fraction of sp³-hybridized carbons (Fsp3) is 0.706. The zero-order valence-electron chi connectivity index (χ0n) is 37.4. The van der Waals surface area contributed by atoms with Gasteiger partial charge < -0.3 is 20.9 Å². The average molecular weight is 809 g/mol. The molecule has 7 nitrogen and oxygen atoms in total. The van der Waals surface area contributed by atoms with E-state index in [0.717, 1.165) is 109 Å². The third-order valence-corrected chi connectivity index (χ3v) is 10.3. The van der Waals surface area contributed by atoms with Crippen LogP contribution in [0.5, 0.6) is 0 Å². The van der Waals surface area contributed by atoms with Crippen molar-refractivity contribution in [2.75, 3.05) is 6.54 Å². The van der Waals surface area contributed by atoms with Crippen LogP contribution in [0.1, 0.15) is 213 Å². The summed E-state index contributed by atoms with van der Waals surface area (Å²) in [5, 5.41) is 12.0. The van der Waals surface area contributed by atoms with E-state index in [2.05, 4.69) is 92.1 Å². The molecule has 0 heterocycles. The number of amides is 1. The number of rotatable bonds is 42. The summed E-state index contributed by atoms with van der Waals surface area (Å²) in [6.45, 7) is 4.81. The molecular formula is C51H88N2O5. The highest BCUT2D eigenvalue weighted by atomic mass is 16.5. The van der Waals surface area contributed by atoms with Crippen LogP contribution in [0.15, 0.2) is 72.9 Å². The molecule has 4 N–H and O–H groups in total. The molecule has 0 bridgehead atoms. The number of carboxylic acid groups (broad SMARTS) is 1. The topological polar surface area (TPSA) is 119 Å². The first-order chi connectivity index (χ1) is 28.4. The quantitative estimate of drug-likeness (QED) is 0.0321. The van der Waals surface area contributed by atoms with Gasteiger partial charge in [0.05, 0.1) is 0 Å². The van der Waals surface area contributed by atoms with Gasteiger partial charge in [0.25, 0.3) is 0 Å². The molecule has 0 aromatic carbocycles. The number of hydrogen-bond acceptors (Lipinski definition) is 5. The maximum Gasteiger partial charge on any atom is 0.326 e. The number of carbonyl (C=O) groups is 3. The van der Waals surface area contributed by atoms with Gasteiger partial charge in [0.15, 0.2) is 0 Å². The van der Waals surface area contributed by atoms with E-state index < -0.39 is 12.0 Å². The number of carboxylic acids is 1. The lowest BCUT2D eigenvalue weighted by Crippen LogP contribution is -2.40. The summed E-state index contributed by atoms with van der Waals surface area (Å²) in [7, 11) is 0. The first kappa shape index (κ1) is 54.8. The Balaban J connectivity index is 4.43. The second-order valence-corrected chi connectivity index (χ2v) is 15.8. The lowest BCUT2D eigenvalue weighted by atomic mass is 10.0. The molecule has 0 fully saturated rings. The third kappa shape index (κ3) is 41.0. The molecule has 0 rings (SSSR count). The third-order valence-electron chi connectivity index (χ3n) is 10.3. The Kier molecular flexibility index (Phi) is 42.4. The summed E-state index contributed by atoms with van der Waals surface area (Å²) in [5.41, 5.74) is 5.49. The molecule has 2 atom stereocenters. The highest BCUT2D eigenvalue weighted by Crippen LogP contribution is 2.18. The lowest BCUT2D eigenvalue weighted by Gasteiger charge is -2.18. The van der Waals surface area contributed by atoms with E-state index in [0.29, 0.717) is 32.2 Å². The van der Waals surface area contributed by atoms with Crippen LogP contribution in [-0.4, -0.2) is 41.6 Å². The van der Waals surface area contributed by atoms with Crippen LogP contribution in [0.25, 0.3) is 0 Å². The normalized spacial score (nSPS) is 13.3. The van der Waals surface area contributed by atoms with Gasteiger partial charge in [0, 0.05) is 12.8 Å². The Morgan fingerprint density at radius 3 is 1.47 bits per heavy atom. The van der Waals surface area contributed by atoms with Crippen molar-refractivity contribution in [1.29, 1.82) is 0 Å². The predicted octanol–water partition coefficient (Wildman–Crippen LogP) is 13.9. The minimum atomic E-state index is -1.01. The van der Waals surface area contributed by atoms with Crippen LogP contribution in [0, 0.1) is 0 Å². The van der Waals surface area contributed by atoms with Crippen LogP contribution in [0.4, 0.5) is 0 Å². The van der Waals surface area contributed by atoms with Gasteiger partial charge in [-0.25, -0.2) is 4.79 Å². The smallest absolute Gasteiger partial charge is 0.326 e. The standard InChI is InChI=1S/C51H88N2O5/c1-3-5-7-9-11-13-15-17-19-20-22-24-26-28-30-35-39-45-50(55)58-47(41-36-32-29-27-25-23-21-18-16-14-12-10-8-6-4-2)42-37-33-31-34-38-44-49(54)53-48(51(56)57)43-40-46-52/h6,8,11-14,17-19,21,25,27,47-48H,3-5,7,9-10,15-16,20,22-24,26,28-46,52H2,1-2H3,(H,53,54)(H,56,57)/b8-6-,13-11-,14-12-,19-17-,21-18-,27-25-. The number of nitrogens with one attached hydrogen (secondary N) is 1. The molecule has 0 saturated carbocycles. The molecule has 0 radical (unpaired) electrons. The summed E-state index contributed by atoms with van der Waals surface area (Å²) in [6.07, 6.45) is 58.0.